The van der Waals surface area contributed by atoms with Gasteiger partial charge in [0.25, 0.3) is 5.69 Å². The van der Waals surface area contributed by atoms with Crippen molar-refractivity contribution >= 4 is 40.5 Å². The van der Waals surface area contributed by atoms with Crippen LogP contribution < -0.4 is 10.2 Å². The Bertz CT molecular complexity index is 884. The Morgan fingerprint density at radius 1 is 1.37 bits per heavy atom. The van der Waals surface area contributed by atoms with Crippen molar-refractivity contribution in [2.24, 2.45) is 5.41 Å². The number of amides is 2. The fraction of sp³-hybridized carbons (Fsp3) is 0.500. The van der Waals surface area contributed by atoms with Crippen molar-refractivity contribution in [3.8, 4) is 0 Å². The van der Waals surface area contributed by atoms with Gasteiger partial charge < -0.3 is 10.2 Å². The maximum atomic E-state index is 13.5. The van der Waals surface area contributed by atoms with Crippen LogP contribution in [0.15, 0.2) is 18.2 Å². The number of carbonyl (C=O) groups excluding carboxylic acids is 2. The summed E-state index contributed by atoms with van der Waals surface area (Å²) in [5.41, 5.74) is 0.0697. The van der Waals surface area contributed by atoms with E-state index in [9.17, 15) is 19.7 Å². The zero-order valence-corrected chi connectivity index (χ0v) is 15.9. The normalized spacial score (nSPS) is 27.6. The predicted molar refractivity (Wildman–Crippen MR) is 102 cm³/mol. The summed E-state index contributed by atoms with van der Waals surface area (Å²) in [6.45, 7) is 4.38. The number of carbonyl (C=O) groups is 2. The number of hydrogen-bond donors (Lipinski definition) is 1. The van der Waals surface area contributed by atoms with Gasteiger partial charge in [0.2, 0.25) is 11.8 Å². The van der Waals surface area contributed by atoms with Gasteiger partial charge in [0.15, 0.2) is 10.5 Å². The molecule has 2 aliphatic heterocycles. The third kappa shape index (κ3) is 2.44. The van der Waals surface area contributed by atoms with Gasteiger partial charge in [-0.05, 0) is 50.5 Å². The maximum absolute atomic E-state index is 13.5. The third-order valence-corrected chi connectivity index (χ3v) is 6.23. The number of anilines is 1. The standard InChI is InChI=1S/C18H20N4O4S/c1-3-20-10(2)18(9-11-8-13(22(25)26)6-7-14(11)20)15(23)19-17(27)21(16(18)24)12-4-5-12/h6-8,10,12H,3-5,9H2,1-2H3,(H,19,23,27)/t10-,18-/m1/s1. The van der Waals surface area contributed by atoms with Crippen molar-refractivity contribution in [3.63, 3.8) is 0 Å². The van der Waals surface area contributed by atoms with Crippen LogP contribution in [0.4, 0.5) is 11.4 Å². The Morgan fingerprint density at radius 3 is 2.67 bits per heavy atom. The average molecular weight is 388 g/mol. The van der Waals surface area contributed by atoms with E-state index >= 15 is 0 Å². The first-order chi connectivity index (χ1) is 12.8. The van der Waals surface area contributed by atoms with Crippen LogP contribution in [0.25, 0.3) is 0 Å². The van der Waals surface area contributed by atoms with E-state index in [1.807, 2.05) is 18.7 Å². The molecule has 0 radical (unpaired) electrons. The lowest BCUT2D eigenvalue weighted by molar-refractivity contribution is -0.384. The molecule has 142 valence electrons. The summed E-state index contributed by atoms with van der Waals surface area (Å²) in [7, 11) is 0. The molecule has 3 aliphatic rings. The van der Waals surface area contributed by atoms with Gasteiger partial charge >= 0.3 is 0 Å². The molecule has 2 fully saturated rings. The lowest BCUT2D eigenvalue weighted by Crippen LogP contribution is -2.71. The van der Waals surface area contributed by atoms with Crippen LogP contribution in [0.2, 0.25) is 0 Å². The largest absolute Gasteiger partial charge is 0.367 e. The number of nitrogens with one attached hydrogen (secondary N) is 1. The van der Waals surface area contributed by atoms with E-state index in [4.69, 9.17) is 12.2 Å². The molecular weight excluding hydrogens is 368 g/mol. The molecule has 1 saturated carbocycles. The lowest BCUT2D eigenvalue weighted by Gasteiger charge is -2.51. The van der Waals surface area contributed by atoms with Crippen molar-refractivity contribution in [2.45, 2.75) is 45.2 Å². The average Bonchev–Trinajstić information content (AvgIpc) is 3.44. The fourth-order valence-electron chi connectivity index (χ4n) is 4.34. The second kappa shape index (κ2) is 5.98. The van der Waals surface area contributed by atoms with Crippen LogP contribution in [0.5, 0.6) is 0 Å². The molecule has 1 aromatic carbocycles. The summed E-state index contributed by atoms with van der Waals surface area (Å²) in [5.74, 6) is -0.709. The molecule has 2 amide bonds. The van der Waals surface area contributed by atoms with Crippen molar-refractivity contribution in [2.75, 3.05) is 11.4 Å². The minimum absolute atomic E-state index is 0.0382. The molecule has 1 N–H and O–H groups in total. The van der Waals surface area contributed by atoms with Crippen LogP contribution >= 0.6 is 12.2 Å². The monoisotopic (exact) mass is 388 g/mol. The molecular formula is C18H20N4O4S. The lowest BCUT2D eigenvalue weighted by atomic mass is 9.69. The first-order valence-electron chi connectivity index (χ1n) is 9.04. The van der Waals surface area contributed by atoms with Gasteiger partial charge in [-0.3, -0.25) is 24.6 Å². The first kappa shape index (κ1) is 17.8. The van der Waals surface area contributed by atoms with Crippen molar-refractivity contribution in [1.29, 1.82) is 0 Å². The molecule has 0 bridgehead atoms. The smallest absolute Gasteiger partial charge is 0.269 e. The van der Waals surface area contributed by atoms with Crippen molar-refractivity contribution < 1.29 is 14.5 Å². The zero-order valence-electron chi connectivity index (χ0n) is 15.1. The minimum atomic E-state index is -1.34. The summed E-state index contributed by atoms with van der Waals surface area (Å²) in [6.07, 6.45) is 1.86. The van der Waals surface area contributed by atoms with Crippen LogP contribution in [0, 0.1) is 15.5 Å². The Hall–Kier alpha value is -2.55. The summed E-state index contributed by atoms with van der Waals surface area (Å²) in [6, 6.07) is 4.28. The minimum Gasteiger partial charge on any atom is -0.367 e. The van der Waals surface area contributed by atoms with E-state index < -0.39 is 22.3 Å². The second-order valence-electron chi connectivity index (χ2n) is 7.35. The van der Waals surface area contributed by atoms with E-state index in [0.29, 0.717) is 12.1 Å². The molecule has 8 nitrogen and oxygen atoms in total. The van der Waals surface area contributed by atoms with Gasteiger partial charge in [0, 0.05) is 42.9 Å². The van der Waals surface area contributed by atoms with Gasteiger partial charge in [0.05, 0.1) is 4.92 Å². The van der Waals surface area contributed by atoms with E-state index in [1.54, 1.807) is 11.0 Å². The van der Waals surface area contributed by atoms with Gasteiger partial charge in [-0.25, -0.2) is 0 Å². The topological polar surface area (TPSA) is 95.8 Å². The molecule has 1 aliphatic carbocycles. The van der Waals surface area contributed by atoms with Crippen LogP contribution in [0.1, 0.15) is 32.3 Å². The number of non-ortho nitro benzene ring substituents is 1. The zero-order chi connectivity index (χ0) is 19.5. The number of nitro benzene ring substituents is 1. The third-order valence-electron chi connectivity index (χ3n) is 5.93. The highest BCUT2D eigenvalue weighted by Crippen LogP contribution is 2.46. The molecule has 0 aromatic heterocycles. The Balaban J connectivity index is 1.85. The van der Waals surface area contributed by atoms with E-state index in [2.05, 4.69) is 5.32 Å². The second-order valence-corrected chi connectivity index (χ2v) is 7.73. The van der Waals surface area contributed by atoms with Gasteiger partial charge in [-0.2, -0.15) is 0 Å². The molecule has 4 rings (SSSR count). The number of rotatable bonds is 3. The molecule has 0 unspecified atom stereocenters. The van der Waals surface area contributed by atoms with Crippen LogP contribution in [-0.4, -0.2) is 45.4 Å². The van der Waals surface area contributed by atoms with Crippen LogP contribution in [0.3, 0.4) is 0 Å². The molecule has 1 spiro atoms. The van der Waals surface area contributed by atoms with Crippen molar-refractivity contribution in [3.05, 3.63) is 33.9 Å². The molecule has 2 atom stereocenters. The Labute approximate surface area is 161 Å². The summed E-state index contributed by atoms with van der Waals surface area (Å²) < 4.78 is 0. The Kier molecular flexibility index (Phi) is 3.95. The highest BCUT2D eigenvalue weighted by atomic mass is 32.1. The maximum Gasteiger partial charge on any atom is 0.269 e. The summed E-state index contributed by atoms with van der Waals surface area (Å²) in [4.78, 5) is 40.9. The SMILES string of the molecule is CCN1c2ccc([N+](=O)[O-])cc2C[C@]2(C(=O)NC(=S)N(C3CC3)C2=O)[C@H]1C. The number of nitrogens with zero attached hydrogens (tertiary/aromatic N) is 3. The molecule has 1 aromatic rings. The number of nitro groups is 1. The number of benzene rings is 1. The molecule has 9 heteroatoms. The predicted octanol–water partition coefficient (Wildman–Crippen LogP) is 1.76. The Morgan fingerprint density at radius 2 is 2.07 bits per heavy atom. The van der Waals surface area contributed by atoms with Crippen LogP contribution in [-0.2, 0) is 16.0 Å². The highest BCUT2D eigenvalue weighted by molar-refractivity contribution is 7.80. The van der Waals surface area contributed by atoms with E-state index in [1.165, 1.54) is 12.1 Å². The van der Waals surface area contributed by atoms with E-state index in [-0.39, 0.29) is 29.2 Å². The first-order valence-corrected chi connectivity index (χ1v) is 9.45. The summed E-state index contributed by atoms with van der Waals surface area (Å²) >= 11 is 5.25. The molecule has 27 heavy (non-hydrogen) atoms. The van der Waals surface area contributed by atoms with Crippen molar-refractivity contribution in [1.82, 2.24) is 10.2 Å². The van der Waals surface area contributed by atoms with Gasteiger partial charge in [0.1, 0.15) is 0 Å². The molecule has 2 heterocycles. The highest BCUT2D eigenvalue weighted by Gasteiger charge is 2.61. The number of fused-ring (bicyclic) bond motifs is 1. The van der Waals surface area contributed by atoms with Gasteiger partial charge in [-0.1, -0.05) is 0 Å². The number of hydrogen-bond acceptors (Lipinski definition) is 6. The number of thiocarbonyl (C=S) groups is 1. The summed E-state index contributed by atoms with van der Waals surface area (Å²) in [5, 5.41) is 14.1. The molecule has 1 saturated heterocycles. The van der Waals surface area contributed by atoms with Gasteiger partial charge in [-0.15, -0.1) is 0 Å². The fourth-order valence-corrected chi connectivity index (χ4v) is 4.66. The van der Waals surface area contributed by atoms with E-state index in [0.717, 1.165) is 18.5 Å². The quantitative estimate of drug-likeness (QED) is 0.367.